The number of benzene rings is 1. The number of hydrogen-bond donors (Lipinski definition) is 0. The van der Waals surface area contributed by atoms with E-state index in [9.17, 15) is 9.59 Å². The third kappa shape index (κ3) is 3.00. The van der Waals surface area contributed by atoms with Crippen molar-refractivity contribution in [1.29, 1.82) is 0 Å². The van der Waals surface area contributed by atoms with Gasteiger partial charge in [0.15, 0.2) is 0 Å². The molecule has 0 N–H and O–H groups in total. The van der Waals surface area contributed by atoms with Crippen LogP contribution in [0, 0.1) is 6.92 Å². The Balaban J connectivity index is 2.12. The zero-order valence-electron chi connectivity index (χ0n) is 14.2. The number of furan rings is 1. The van der Waals surface area contributed by atoms with Crippen LogP contribution in [-0.2, 0) is 11.3 Å². The van der Waals surface area contributed by atoms with Crippen LogP contribution >= 0.6 is 0 Å². The molecule has 3 aromatic rings. The number of hydrogen-bond acceptors (Lipinski definition) is 6. The van der Waals surface area contributed by atoms with Crippen LogP contribution in [0.15, 0.2) is 39.8 Å². The summed E-state index contributed by atoms with van der Waals surface area (Å²) in [6.07, 6.45) is 1.40. The smallest absolute Gasteiger partial charge is 0.342 e. The van der Waals surface area contributed by atoms with Crippen molar-refractivity contribution in [2.24, 2.45) is 0 Å². The monoisotopic (exact) mass is 342 g/mol. The van der Waals surface area contributed by atoms with Crippen LogP contribution in [0.25, 0.3) is 11.1 Å². The fourth-order valence-corrected chi connectivity index (χ4v) is 2.72. The highest BCUT2D eigenvalue weighted by Gasteiger charge is 2.24. The molecule has 0 saturated heterocycles. The molecule has 0 amide bonds. The lowest BCUT2D eigenvalue weighted by molar-refractivity contribution is 0.0526. The fraction of sp³-hybridized carbons (Fsp3) is 0.278. The van der Waals surface area contributed by atoms with E-state index in [1.165, 1.54) is 10.9 Å². The maximum absolute atomic E-state index is 12.9. The maximum atomic E-state index is 12.9. The normalized spacial score (nSPS) is 10.8. The number of aromatic nitrogens is 2. The highest BCUT2D eigenvalue weighted by atomic mass is 16.5. The van der Waals surface area contributed by atoms with Crippen molar-refractivity contribution in [2.45, 2.75) is 20.4 Å². The van der Waals surface area contributed by atoms with Crippen molar-refractivity contribution in [3.05, 3.63) is 57.8 Å². The van der Waals surface area contributed by atoms with E-state index in [0.717, 1.165) is 5.56 Å². The number of para-hydroxylation sites is 1. The molecule has 0 aliphatic heterocycles. The summed E-state index contributed by atoms with van der Waals surface area (Å²) in [5.74, 6) is 0.393. The van der Waals surface area contributed by atoms with Crippen LogP contribution in [-0.4, -0.2) is 29.2 Å². The largest absolute Gasteiger partial charge is 0.496 e. The molecule has 0 spiro atoms. The van der Waals surface area contributed by atoms with Gasteiger partial charge in [-0.1, -0.05) is 18.2 Å². The average Bonchev–Trinajstić information content (AvgIpc) is 2.95. The van der Waals surface area contributed by atoms with E-state index >= 15 is 0 Å². The van der Waals surface area contributed by atoms with Crippen molar-refractivity contribution >= 4 is 17.1 Å². The summed E-state index contributed by atoms with van der Waals surface area (Å²) in [6.45, 7) is 3.78. The summed E-state index contributed by atoms with van der Waals surface area (Å²) >= 11 is 0. The molecule has 0 fully saturated rings. The van der Waals surface area contributed by atoms with E-state index in [2.05, 4.69) is 4.98 Å². The van der Waals surface area contributed by atoms with E-state index in [0.29, 0.717) is 11.5 Å². The number of carbonyl (C=O) groups excluding carboxylic acids is 1. The average molecular weight is 342 g/mol. The van der Waals surface area contributed by atoms with E-state index in [4.69, 9.17) is 13.9 Å². The molecule has 7 nitrogen and oxygen atoms in total. The predicted molar refractivity (Wildman–Crippen MR) is 91.1 cm³/mol. The second-order valence-corrected chi connectivity index (χ2v) is 5.42. The van der Waals surface area contributed by atoms with E-state index in [-0.39, 0.29) is 35.4 Å². The van der Waals surface area contributed by atoms with Gasteiger partial charge in [-0.25, -0.2) is 9.78 Å². The van der Waals surface area contributed by atoms with Crippen molar-refractivity contribution in [1.82, 2.24) is 9.55 Å². The van der Waals surface area contributed by atoms with Gasteiger partial charge in [0.1, 0.15) is 28.8 Å². The number of aryl methyl sites for hydroxylation is 1. The zero-order chi connectivity index (χ0) is 18.0. The second-order valence-electron chi connectivity index (χ2n) is 5.42. The molecule has 0 saturated carbocycles. The summed E-state index contributed by atoms with van der Waals surface area (Å²) in [5, 5.41) is 0.133. The van der Waals surface area contributed by atoms with Crippen LogP contribution in [0.1, 0.15) is 28.6 Å². The van der Waals surface area contributed by atoms with Gasteiger partial charge in [-0.2, -0.15) is 0 Å². The topological polar surface area (TPSA) is 83.6 Å². The predicted octanol–water partition coefficient (Wildman–Crippen LogP) is 2.53. The quantitative estimate of drug-likeness (QED) is 0.663. The molecule has 1 aromatic carbocycles. The summed E-state index contributed by atoms with van der Waals surface area (Å²) in [4.78, 5) is 29.2. The zero-order valence-corrected chi connectivity index (χ0v) is 14.2. The van der Waals surface area contributed by atoms with Crippen LogP contribution in [0.2, 0.25) is 0 Å². The van der Waals surface area contributed by atoms with Gasteiger partial charge in [-0.15, -0.1) is 0 Å². The molecule has 25 heavy (non-hydrogen) atoms. The highest BCUT2D eigenvalue weighted by Crippen LogP contribution is 2.23. The molecular formula is C18H18N2O5. The Morgan fingerprint density at radius 1 is 1.32 bits per heavy atom. The Hall–Kier alpha value is -3.09. The highest BCUT2D eigenvalue weighted by molar-refractivity contribution is 6.03. The van der Waals surface area contributed by atoms with Crippen LogP contribution in [0.5, 0.6) is 5.75 Å². The third-order valence-electron chi connectivity index (χ3n) is 3.87. The summed E-state index contributed by atoms with van der Waals surface area (Å²) in [7, 11) is 1.57. The first-order chi connectivity index (χ1) is 12.1. The molecule has 130 valence electrons. The van der Waals surface area contributed by atoms with Crippen LogP contribution in [0.3, 0.4) is 0 Å². The Bertz CT molecular complexity index is 987. The molecule has 0 atom stereocenters. The van der Waals surface area contributed by atoms with Crippen molar-refractivity contribution in [3.63, 3.8) is 0 Å². The molecule has 0 bridgehead atoms. The Morgan fingerprint density at radius 2 is 2.08 bits per heavy atom. The number of fused-ring (bicyclic) bond motifs is 1. The van der Waals surface area contributed by atoms with Crippen molar-refractivity contribution in [2.75, 3.05) is 13.7 Å². The van der Waals surface area contributed by atoms with E-state index in [1.807, 2.05) is 24.3 Å². The first kappa shape index (κ1) is 16.8. The molecule has 3 rings (SSSR count). The lowest BCUT2D eigenvalue weighted by atomic mass is 10.2. The number of ether oxygens (including phenoxy) is 2. The Labute approximate surface area is 143 Å². The molecule has 7 heteroatoms. The number of rotatable bonds is 5. The summed E-state index contributed by atoms with van der Waals surface area (Å²) < 4.78 is 17.2. The van der Waals surface area contributed by atoms with Gasteiger partial charge in [0.05, 0.1) is 20.3 Å². The molecule has 0 unspecified atom stereocenters. The van der Waals surface area contributed by atoms with Gasteiger partial charge in [-0.05, 0) is 19.9 Å². The molecular weight excluding hydrogens is 324 g/mol. The lowest BCUT2D eigenvalue weighted by Crippen LogP contribution is -2.22. The van der Waals surface area contributed by atoms with Crippen LogP contribution in [0.4, 0.5) is 0 Å². The number of carbonyl (C=O) groups is 1. The lowest BCUT2D eigenvalue weighted by Gasteiger charge is -2.09. The second kappa shape index (κ2) is 6.80. The minimum absolute atomic E-state index is 0.127. The van der Waals surface area contributed by atoms with Crippen molar-refractivity contribution in [3.8, 4) is 5.75 Å². The Morgan fingerprint density at radius 3 is 2.80 bits per heavy atom. The number of nitrogens with zero attached hydrogens (tertiary/aromatic N) is 2. The fourth-order valence-electron chi connectivity index (χ4n) is 2.72. The van der Waals surface area contributed by atoms with Gasteiger partial charge in [0.2, 0.25) is 5.71 Å². The minimum Gasteiger partial charge on any atom is -0.496 e. The summed E-state index contributed by atoms with van der Waals surface area (Å²) in [6, 6.07) is 7.40. The van der Waals surface area contributed by atoms with Gasteiger partial charge in [0, 0.05) is 5.56 Å². The van der Waals surface area contributed by atoms with Gasteiger partial charge in [-0.3, -0.25) is 9.36 Å². The third-order valence-corrected chi connectivity index (χ3v) is 3.87. The van der Waals surface area contributed by atoms with Gasteiger partial charge < -0.3 is 13.9 Å². The first-order valence-electron chi connectivity index (χ1n) is 7.84. The molecule has 2 heterocycles. The standard InChI is InChI=1S/C18H18N2O5/c1-4-24-18(22)14-11(2)25-16-15(14)17(21)20(10-19-16)9-12-7-5-6-8-13(12)23-3/h5-8,10H,4,9H2,1-3H3. The maximum Gasteiger partial charge on any atom is 0.342 e. The van der Waals surface area contributed by atoms with E-state index < -0.39 is 5.97 Å². The Kier molecular flexibility index (Phi) is 4.56. The van der Waals surface area contributed by atoms with Crippen molar-refractivity contribution < 1.29 is 18.7 Å². The minimum atomic E-state index is -0.590. The van der Waals surface area contributed by atoms with E-state index in [1.54, 1.807) is 21.0 Å². The van der Waals surface area contributed by atoms with Crippen LogP contribution < -0.4 is 10.3 Å². The van der Waals surface area contributed by atoms with Gasteiger partial charge >= 0.3 is 5.97 Å². The molecule has 0 aliphatic carbocycles. The molecule has 2 aromatic heterocycles. The SMILES string of the molecule is CCOC(=O)c1c(C)oc2ncn(Cc3ccccc3OC)c(=O)c12. The first-order valence-corrected chi connectivity index (χ1v) is 7.84. The number of esters is 1. The number of methoxy groups -OCH3 is 1. The molecule has 0 radical (unpaired) electrons. The molecule has 0 aliphatic rings. The summed E-state index contributed by atoms with van der Waals surface area (Å²) in [5.41, 5.74) is 0.715. The van der Waals surface area contributed by atoms with Gasteiger partial charge in [0.25, 0.3) is 5.56 Å².